The molecule has 0 aromatic heterocycles. The lowest BCUT2D eigenvalue weighted by molar-refractivity contribution is 0.0920. The van der Waals surface area contributed by atoms with Crippen molar-refractivity contribution < 1.29 is 4.79 Å². The van der Waals surface area contributed by atoms with E-state index in [9.17, 15) is 4.79 Å². The van der Waals surface area contributed by atoms with Crippen molar-refractivity contribution in [3.8, 4) is 0 Å². The van der Waals surface area contributed by atoms with Crippen molar-refractivity contribution in [1.82, 2.24) is 20.4 Å². The van der Waals surface area contributed by atoms with Gasteiger partial charge in [0.05, 0.1) is 0 Å². The summed E-state index contributed by atoms with van der Waals surface area (Å²) in [6, 6.07) is 8.69. The molecule has 5 nitrogen and oxygen atoms in total. The molecule has 2 fully saturated rings. The average molecular weight is 403 g/mol. The zero-order valence-corrected chi connectivity index (χ0v) is 17.4. The van der Waals surface area contributed by atoms with Crippen LogP contribution in [0.3, 0.4) is 0 Å². The fourth-order valence-corrected chi connectivity index (χ4v) is 3.52. The zero-order chi connectivity index (χ0) is 16.9. The second-order valence-electron chi connectivity index (χ2n) is 7.24. The fourth-order valence-electron chi connectivity index (χ4n) is 3.52. The average Bonchev–Trinajstić information content (AvgIpc) is 2.59. The molecule has 1 amide bonds. The minimum absolute atomic E-state index is 0. The van der Waals surface area contributed by atoms with Gasteiger partial charge >= 0.3 is 0 Å². The predicted molar refractivity (Wildman–Crippen MR) is 112 cm³/mol. The highest BCUT2D eigenvalue weighted by Crippen LogP contribution is 2.12. The normalized spacial score (nSPS) is 24.2. The number of piperidine rings is 1. The van der Waals surface area contributed by atoms with Crippen LogP contribution in [0, 0.1) is 0 Å². The van der Waals surface area contributed by atoms with Crippen LogP contribution in [-0.4, -0.2) is 67.6 Å². The van der Waals surface area contributed by atoms with E-state index in [0.717, 1.165) is 57.7 Å². The first-order chi connectivity index (χ1) is 11.6. The molecule has 2 atom stereocenters. The van der Waals surface area contributed by atoms with Crippen LogP contribution in [0.2, 0.25) is 0 Å². The van der Waals surface area contributed by atoms with Gasteiger partial charge in [-0.1, -0.05) is 12.1 Å². The highest BCUT2D eigenvalue weighted by molar-refractivity contribution is 5.94. The smallest absolute Gasteiger partial charge is 0.251 e. The molecule has 0 bridgehead atoms. The zero-order valence-electron chi connectivity index (χ0n) is 15.7. The summed E-state index contributed by atoms with van der Waals surface area (Å²) in [5, 5.41) is 6.60. The van der Waals surface area contributed by atoms with Crippen molar-refractivity contribution in [2.45, 2.75) is 38.4 Å². The summed E-state index contributed by atoms with van der Waals surface area (Å²) in [6.45, 7) is 8.66. The van der Waals surface area contributed by atoms with Crippen LogP contribution in [0.25, 0.3) is 0 Å². The highest BCUT2D eigenvalue weighted by atomic mass is 35.5. The molecule has 1 aromatic carbocycles. The Morgan fingerprint density at radius 1 is 1.15 bits per heavy atom. The standard InChI is InChI=1S/C19H30N4O.2ClH/c1-15-18(4-3-9-20-15)21-19(24)17-7-5-16(6-8-17)14-23-12-10-22(2)11-13-23;;/h5-8,15,18,20H,3-4,9-14H2,1-2H3,(H,21,24);2*1H. The van der Waals surface area contributed by atoms with Crippen LogP contribution in [-0.2, 0) is 6.54 Å². The molecule has 2 aliphatic rings. The summed E-state index contributed by atoms with van der Waals surface area (Å²) in [5.74, 6) is 0.0432. The second-order valence-corrected chi connectivity index (χ2v) is 7.24. The van der Waals surface area contributed by atoms with E-state index >= 15 is 0 Å². The van der Waals surface area contributed by atoms with E-state index in [-0.39, 0.29) is 36.8 Å². The molecule has 3 rings (SSSR count). The van der Waals surface area contributed by atoms with Crippen LogP contribution in [0.15, 0.2) is 24.3 Å². The van der Waals surface area contributed by atoms with Crippen molar-refractivity contribution in [2.75, 3.05) is 39.8 Å². The molecule has 2 unspecified atom stereocenters. The number of nitrogens with one attached hydrogen (secondary N) is 2. The van der Waals surface area contributed by atoms with Gasteiger partial charge in [-0.2, -0.15) is 0 Å². The summed E-state index contributed by atoms with van der Waals surface area (Å²) in [5.41, 5.74) is 2.04. The minimum Gasteiger partial charge on any atom is -0.348 e. The third-order valence-corrected chi connectivity index (χ3v) is 5.30. The maximum Gasteiger partial charge on any atom is 0.251 e. The molecular weight excluding hydrogens is 371 g/mol. The Labute approximate surface area is 169 Å². The Kier molecular flexibility index (Phi) is 9.90. The molecule has 0 radical (unpaired) electrons. The van der Waals surface area contributed by atoms with Crippen LogP contribution in [0.4, 0.5) is 0 Å². The van der Waals surface area contributed by atoms with E-state index in [1.807, 2.05) is 12.1 Å². The topological polar surface area (TPSA) is 47.6 Å². The Bertz CT molecular complexity index is 547. The predicted octanol–water partition coefficient (Wildman–Crippen LogP) is 2.15. The SMILES string of the molecule is CC1NCCCC1NC(=O)c1ccc(CN2CCN(C)CC2)cc1.Cl.Cl. The summed E-state index contributed by atoms with van der Waals surface area (Å²) >= 11 is 0. The molecule has 1 aromatic rings. The Morgan fingerprint density at radius 3 is 2.42 bits per heavy atom. The minimum atomic E-state index is 0. The first kappa shape index (κ1) is 23.2. The van der Waals surface area contributed by atoms with Gasteiger partial charge in [0.25, 0.3) is 5.91 Å². The van der Waals surface area contributed by atoms with Gasteiger partial charge < -0.3 is 15.5 Å². The summed E-state index contributed by atoms with van der Waals surface area (Å²) in [4.78, 5) is 17.3. The van der Waals surface area contributed by atoms with Gasteiger partial charge in [-0.15, -0.1) is 24.8 Å². The van der Waals surface area contributed by atoms with E-state index in [0.29, 0.717) is 6.04 Å². The van der Waals surface area contributed by atoms with Crippen molar-refractivity contribution in [1.29, 1.82) is 0 Å². The van der Waals surface area contributed by atoms with Gasteiger partial charge in [-0.25, -0.2) is 0 Å². The molecule has 2 N–H and O–H groups in total. The monoisotopic (exact) mass is 402 g/mol. The third-order valence-electron chi connectivity index (χ3n) is 5.30. The number of hydrogen-bond donors (Lipinski definition) is 2. The lowest BCUT2D eigenvalue weighted by Gasteiger charge is -2.32. The third kappa shape index (κ3) is 6.39. The number of rotatable bonds is 4. The fraction of sp³-hybridized carbons (Fsp3) is 0.632. The maximum absolute atomic E-state index is 12.4. The van der Waals surface area contributed by atoms with Crippen molar-refractivity contribution >= 4 is 30.7 Å². The lowest BCUT2D eigenvalue weighted by Crippen LogP contribution is -2.51. The van der Waals surface area contributed by atoms with Crippen molar-refractivity contribution in [3.05, 3.63) is 35.4 Å². The number of halogens is 2. The number of piperazine rings is 1. The largest absolute Gasteiger partial charge is 0.348 e. The molecule has 0 spiro atoms. The van der Waals surface area contributed by atoms with E-state index in [1.54, 1.807) is 0 Å². The van der Waals surface area contributed by atoms with Crippen LogP contribution < -0.4 is 10.6 Å². The number of nitrogens with zero attached hydrogens (tertiary/aromatic N) is 2. The Morgan fingerprint density at radius 2 is 1.81 bits per heavy atom. The summed E-state index contributed by atoms with van der Waals surface area (Å²) in [7, 11) is 2.17. The van der Waals surface area contributed by atoms with Gasteiger partial charge in [0, 0.05) is 50.4 Å². The number of likely N-dealkylation sites (N-methyl/N-ethyl adjacent to an activating group) is 1. The van der Waals surface area contributed by atoms with Crippen molar-refractivity contribution in [3.63, 3.8) is 0 Å². The molecule has 7 heteroatoms. The maximum atomic E-state index is 12.4. The molecule has 2 heterocycles. The number of carbonyl (C=O) groups excluding carboxylic acids is 1. The molecule has 2 aliphatic heterocycles. The van der Waals surface area contributed by atoms with Crippen LogP contribution in [0.5, 0.6) is 0 Å². The van der Waals surface area contributed by atoms with E-state index < -0.39 is 0 Å². The second kappa shape index (κ2) is 11.1. The van der Waals surface area contributed by atoms with E-state index in [2.05, 4.69) is 46.5 Å². The van der Waals surface area contributed by atoms with Gasteiger partial charge in [0.15, 0.2) is 0 Å². The van der Waals surface area contributed by atoms with Gasteiger partial charge in [0.1, 0.15) is 0 Å². The number of carbonyl (C=O) groups is 1. The molecule has 0 saturated carbocycles. The molecule has 0 aliphatic carbocycles. The quantitative estimate of drug-likeness (QED) is 0.809. The number of benzene rings is 1. The summed E-state index contributed by atoms with van der Waals surface area (Å²) < 4.78 is 0. The highest BCUT2D eigenvalue weighted by Gasteiger charge is 2.22. The molecular formula is C19H32Cl2N4O. The van der Waals surface area contributed by atoms with E-state index in [4.69, 9.17) is 0 Å². The lowest BCUT2D eigenvalue weighted by atomic mass is 9.99. The van der Waals surface area contributed by atoms with E-state index in [1.165, 1.54) is 5.56 Å². The number of hydrogen-bond acceptors (Lipinski definition) is 4. The molecule has 148 valence electrons. The van der Waals surface area contributed by atoms with Crippen LogP contribution >= 0.6 is 24.8 Å². The Balaban J connectivity index is 0.00000169. The van der Waals surface area contributed by atoms with Gasteiger partial charge in [-0.05, 0) is 51.1 Å². The Hall–Kier alpha value is -0.850. The number of amides is 1. The molecule has 26 heavy (non-hydrogen) atoms. The van der Waals surface area contributed by atoms with Gasteiger partial charge in [-0.3, -0.25) is 9.69 Å². The summed E-state index contributed by atoms with van der Waals surface area (Å²) in [6.07, 6.45) is 2.18. The first-order valence-electron chi connectivity index (χ1n) is 9.16. The molecule has 2 saturated heterocycles. The first-order valence-corrected chi connectivity index (χ1v) is 9.16. The van der Waals surface area contributed by atoms with Gasteiger partial charge in [0.2, 0.25) is 0 Å². The van der Waals surface area contributed by atoms with Crippen LogP contribution in [0.1, 0.15) is 35.7 Å². The van der Waals surface area contributed by atoms with Crippen molar-refractivity contribution in [2.24, 2.45) is 0 Å².